The lowest BCUT2D eigenvalue weighted by Gasteiger charge is -2.08. The van der Waals surface area contributed by atoms with E-state index in [1.807, 2.05) is 0 Å². The van der Waals surface area contributed by atoms with Crippen LogP contribution in [0.4, 0.5) is 0 Å². The summed E-state index contributed by atoms with van der Waals surface area (Å²) in [5.41, 5.74) is -0.295. The molecule has 0 saturated heterocycles. The highest BCUT2D eigenvalue weighted by Crippen LogP contribution is 2.18. The van der Waals surface area contributed by atoms with Gasteiger partial charge in [-0.2, -0.15) is 4.98 Å². The number of carbonyl (C=O) groups is 1. The molecule has 0 radical (unpaired) electrons. The number of nitrogens with zero attached hydrogens (tertiary/aromatic N) is 2. The van der Waals surface area contributed by atoms with Gasteiger partial charge >= 0.3 is 11.8 Å². The monoisotopic (exact) mass is 319 g/mol. The Bertz CT molecular complexity index is 746. The predicted molar refractivity (Wildman–Crippen MR) is 78.1 cm³/mol. The predicted octanol–water partition coefficient (Wildman–Crippen LogP) is 1.58. The molecule has 2 heterocycles. The minimum absolute atomic E-state index is 0.0875. The summed E-state index contributed by atoms with van der Waals surface area (Å²) in [5.74, 6) is 0.150. The van der Waals surface area contributed by atoms with Crippen LogP contribution in [0.1, 0.15) is 48.0 Å². The third-order valence-corrected chi connectivity index (χ3v) is 3.71. The zero-order valence-corrected chi connectivity index (χ0v) is 12.7. The van der Waals surface area contributed by atoms with Crippen LogP contribution in [0.2, 0.25) is 0 Å². The molecular formula is C15H17N3O5. The fraction of sp³-hybridized carbons (Fsp3) is 0.467. The number of amides is 1. The van der Waals surface area contributed by atoms with Gasteiger partial charge in [0.1, 0.15) is 5.76 Å². The van der Waals surface area contributed by atoms with Gasteiger partial charge in [0.05, 0.1) is 6.26 Å². The maximum absolute atomic E-state index is 12.0. The molecule has 23 heavy (non-hydrogen) atoms. The highest BCUT2D eigenvalue weighted by Gasteiger charge is 2.22. The van der Waals surface area contributed by atoms with Gasteiger partial charge in [-0.1, -0.05) is 18.0 Å². The van der Waals surface area contributed by atoms with Gasteiger partial charge in [0.25, 0.3) is 0 Å². The molecule has 1 fully saturated rings. The van der Waals surface area contributed by atoms with Crippen molar-refractivity contribution in [1.82, 2.24) is 15.5 Å². The van der Waals surface area contributed by atoms with Gasteiger partial charge in [0.2, 0.25) is 17.0 Å². The van der Waals surface area contributed by atoms with Gasteiger partial charge in [-0.15, -0.1) is 0 Å². The van der Waals surface area contributed by atoms with Gasteiger partial charge in [-0.25, -0.2) is 0 Å². The second-order valence-corrected chi connectivity index (χ2v) is 5.43. The largest absolute Gasteiger partial charge is 0.478 e. The van der Waals surface area contributed by atoms with Crippen molar-refractivity contribution in [2.24, 2.45) is 0 Å². The van der Waals surface area contributed by atoms with Crippen LogP contribution in [0.3, 0.4) is 0 Å². The number of nitrogens with one attached hydrogen (secondary N) is 1. The minimum atomic E-state index is -0.383. The zero-order valence-electron chi connectivity index (χ0n) is 12.7. The molecule has 0 bridgehead atoms. The van der Waals surface area contributed by atoms with Gasteiger partial charge in [0.15, 0.2) is 6.61 Å². The first kappa shape index (κ1) is 15.3. The number of ether oxygens (including phenoxy) is 1. The molecule has 1 saturated carbocycles. The Morgan fingerprint density at radius 1 is 1.43 bits per heavy atom. The molecule has 2 aromatic heterocycles. The molecule has 8 heteroatoms. The van der Waals surface area contributed by atoms with E-state index in [0.717, 1.165) is 25.7 Å². The smallest absolute Gasteiger partial charge is 0.316 e. The molecular weight excluding hydrogens is 302 g/mol. The zero-order chi connectivity index (χ0) is 16.2. The molecule has 0 aliphatic heterocycles. The lowest BCUT2D eigenvalue weighted by atomic mass is 10.2. The first-order chi connectivity index (χ1) is 11.1. The van der Waals surface area contributed by atoms with Crippen LogP contribution < -0.4 is 15.5 Å². The molecule has 1 aliphatic rings. The van der Waals surface area contributed by atoms with Crippen molar-refractivity contribution in [2.75, 3.05) is 0 Å². The van der Waals surface area contributed by atoms with E-state index in [9.17, 15) is 9.59 Å². The Balaban J connectivity index is 1.61. The van der Waals surface area contributed by atoms with Crippen molar-refractivity contribution in [2.45, 2.75) is 45.3 Å². The highest BCUT2D eigenvalue weighted by atomic mass is 16.5. The molecule has 1 amide bonds. The summed E-state index contributed by atoms with van der Waals surface area (Å²) in [4.78, 5) is 27.6. The van der Waals surface area contributed by atoms with Crippen LogP contribution in [0.15, 0.2) is 26.1 Å². The number of carbonyl (C=O) groups excluding carboxylic acids is 1. The van der Waals surface area contributed by atoms with E-state index in [1.54, 1.807) is 6.92 Å². The van der Waals surface area contributed by atoms with E-state index in [1.165, 1.54) is 12.3 Å². The topological polar surface area (TPSA) is 107 Å². The quantitative estimate of drug-likeness (QED) is 0.891. The SMILES string of the molecule is Cc1occc(=O)c1OCc1noc(C(=O)NC2CCCC2)n1. The van der Waals surface area contributed by atoms with E-state index in [2.05, 4.69) is 15.5 Å². The van der Waals surface area contributed by atoms with E-state index in [0.29, 0.717) is 5.76 Å². The normalized spacial score (nSPS) is 14.8. The van der Waals surface area contributed by atoms with Crippen molar-refractivity contribution >= 4 is 5.91 Å². The number of aryl methyl sites for hydroxylation is 1. The second-order valence-electron chi connectivity index (χ2n) is 5.43. The molecule has 1 N–H and O–H groups in total. The minimum Gasteiger partial charge on any atom is -0.478 e. The maximum atomic E-state index is 12.0. The highest BCUT2D eigenvalue weighted by molar-refractivity contribution is 5.89. The molecule has 122 valence electrons. The fourth-order valence-corrected chi connectivity index (χ4v) is 2.53. The van der Waals surface area contributed by atoms with Gasteiger partial charge in [0, 0.05) is 12.1 Å². The summed E-state index contributed by atoms with van der Waals surface area (Å²) < 4.78 is 15.4. The van der Waals surface area contributed by atoms with Crippen LogP contribution >= 0.6 is 0 Å². The standard InChI is InChI=1S/C15H17N3O5/c1-9-13(11(19)6-7-21-9)22-8-12-17-15(23-18-12)14(20)16-10-4-2-3-5-10/h6-7,10H,2-5,8H2,1H3,(H,16,20). The van der Waals surface area contributed by atoms with Gasteiger partial charge < -0.3 is 19.0 Å². The Labute approximate surface area is 131 Å². The average Bonchev–Trinajstić information content (AvgIpc) is 3.18. The summed E-state index contributed by atoms with van der Waals surface area (Å²) in [7, 11) is 0. The summed E-state index contributed by atoms with van der Waals surface area (Å²) in [6, 6.07) is 1.43. The number of hydrogen-bond donors (Lipinski definition) is 1. The van der Waals surface area contributed by atoms with E-state index in [-0.39, 0.29) is 41.4 Å². The van der Waals surface area contributed by atoms with Gasteiger partial charge in [-0.05, 0) is 19.8 Å². The summed E-state index contributed by atoms with van der Waals surface area (Å²) in [5, 5.41) is 6.54. The van der Waals surface area contributed by atoms with Crippen LogP contribution in [0.5, 0.6) is 5.75 Å². The lowest BCUT2D eigenvalue weighted by Crippen LogP contribution is -2.32. The van der Waals surface area contributed by atoms with Crippen LogP contribution in [0.25, 0.3) is 0 Å². The Hall–Kier alpha value is -2.64. The Morgan fingerprint density at radius 3 is 2.96 bits per heavy atom. The van der Waals surface area contributed by atoms with Crippen molar-refractivity contribution < 1.29 is 18.5 Å². The molecule has 2 aromatic rings. The molecule has 0 spiro atoms. The Morgan fingerprint density at radius 2 is 2.22 bits per heavy atom. The van der Waals surface area contributed by atoms with Crippen LogP contribution in [-0.4, -0.2) is 22.1 Å². The first-order valence-corrected chi connectivity index (χ1v) is 7.48. The molecule has 3 rings (SSSR count). The third-order valence-electron chi connectivity index (χ3n) is 3.71. The average molecular weight is 319 g/mol. The lowest BCUT2D eigenvalue weighted by molar-refractivity contribution is 0.0893. The Kier molecular flexibility index (Phi) is 4.40. The van der Waals surface area contributed by atoms with Crippen molar-refractivity contribution in [3.63, 3.8) is 0 Å². The summed E-state index contributed by atoms with van der Waals surface area (Å²) in [6.45, 7) is 1.53. The number of hydrogen-bond acceptors (Lipinski definition) is 7. The molecule has 8 nitrogen and oxygen atoms in total. The number of aromatic nitrogens is 2. The third kappa shape index (κ3) is 3.58. The molecule has 0 atom stereocenters. The van der Waals surface area contributed by atoms with E-state index >= 15 is 0 Å². The number of rotatable bonds is 5. The fourth-order valence-electron chi connectivity index (χ4n) is 2.53. The van der Waals surface area contributed by atoms with E-state index < -0.39 is 0 Å². The molecule has 0 aromatic carbocycles. The summed E-state index contributed by atoms with van der Waals surface area (Å²) in [6.07, 6.45) is 5.47. The summed E-state index contributed by atoms with van der Waals surface area (Å²) >= 11 is 0. The molecule has 1 aliphatic carbocycles. The van der Waals surface area contributed by atoms with Gasteiger partial charge in [-0.3, -0.25) is 9.59 Å². The first-order valence-electron chi connectivity index (χ1n) is 7.48. The van der Waals surface area contributed by atoms with Crippen molar-refractivity contribution in [3.05, 3.63) is 40.0 Å². The van der Waals surface area contributed by atoms with Crippen molar-refractivity contribution in [1.29, 1.82) is 0 Å². The van der Waals surface area contributed by atoms with Crippen LogP contribution in [0, 0.1) is 6.92 Å². The maximum Gasteiger partial charge on any atom is 0.316 e. The van der Waals surface area contributed by atoms with E-state index in [4.69, 9.17) is 13.7 Å². The van der Waals surface area contributed by atoms with Crippen LogP contribution in [-0.2, 0) is 6.61 Å². The molecule has 0 unspecified atom stereocenters. The second kappa shape index (κ2) is 6.64. The van der Waals surface area contributed by atoms with Crippen molar-refractivity contribution in [3.8, 4) is 5.75 Å².